The minimum absolute atomic E-state index is 0.130. The van der Waals surface area contributed by atoms with Gasteiger partial charge in [0.15, 0.2) is 0 Å². The number of halogens is 1. The highest BCUT2D eigenvalue weighted by molar-refractivity contribution is 7.17. The fraction of sp³-hybridized carbons (Fsp3) is 0.400. The van der Waals surface area contributed by atoms with E-state index in [1.54, 1.807) is 12.1 Å². The number of amides is 1. The van der Waals surface area contributed by atoms with E-state index >= 15 is 0 Å². The van der Waals surface area contributed by atoms with Crippen molar-refractivity contribution >= 4 is 34.8 Å². The van der Waals surface area contributed by atoms with Crippen molar-refractivity contribution in [2.24, 2.45) is 5.92 Å². The van der Waals surface area contributed by atoms with E-state index in [4.69, 9.17) is 21.4 Å². The van der Waals surface area contributed by atoms with E-state index in [0.29, 0.717) is 9.21 Å². The number of aliphatic carboxylic acids is 1. The van der Waals surface area contributed by atoms with Crippen LogP contribution in [0.5, 0.6) is 0 Å². The molecule has 0 bridgehead atoms. The zero-order valence-corrected chi connectivity index (χ0v) is 10.3. The maximum absolute atomic E-state index is 11.8. The Labute approximate surface area is 106 Å². The Hall–Kier alpha value is -1.11. The molecule has 2 heterocycles. The maximum Gasteiger partial charge on any atom is 0.311 e. The lowest BCUT2D eigenvalue weighted by molar-refractivity contribution is -0.142. The van der Waals surface area contributed by atoms with Gasteiger partial charge in [-0.15, -0.1) is 11.3 Å². The number of thiophene rings is 1. The van der Waals surface area contributed by atoms with Gasteiger partial charge in [-0.2, -0.15) is 0 Å². The minimum atomic E-state index is -0.961. The summed E-state index contributed by atoms with van der Waals surface area (Å²) in [7, 11) is 0. The zero-order chi connectivity index (χ0) is 12.4. The average molecular weight is 276 g/mol. The van der Waals surface area contributed by atoms with Crippen molar-refractivity contribution in [3.05, 3.63) is 21.3 Å². The molecule has 2 unspecified atom stereocenters. The van der Waals surface area contributed by atoms with Crippen LogP contribution >= 0.6 is 22.9 Å². The first kappa shape index (κ1) is 12.3. The molecular weight excluding hydrogens is 266 g/mol. The smallest absolute Gasteiger partial charge is 0.311 e. The second-order valence-corrected chi connectivity index (χ2v) is 5.38. The van der Waals surface area contributed by atoms with E-state index in [1.807, 2.05) is 0 Å². The van der Waals surface area contributed by atoms with Crippen LogP contribution in [0, 0.1) is 5.92 Å². The van der Waals surface area contributed by atoms with Crippen LogP contribution in [0.2, 0.25) is 4.34 Å². The number of nitrogens with one attached hydrogen (secondary N) is 1. The summed E-state index contributed by atoms with van der Waals surface area (Å²) in [6.45, 7) is 0.354. The van der Waals surface area contributed by atoms with Crippen LogP contribution in [0.3, 0.4) is 0 Å². The Balaban J connectivity index is 2.01. The molecule has 2 atom stereocenters. The highest BCUT2D eigenvalue weighted by Crippen LogP contribution is 2.22. The molecule has 7 heteroatoms. The lowest BCUT2D eigenvalue weighted by atomic mass is 10.0. The second-order valence-electron chi connectivity index (χ2n) is 3.67. The number of hydrogen-bond acceptors (Lipinski definition) is 4. The molecule has 1 aromatic rings. The lowest BCUT2D eigenvalue weighted by Gasteiger charge is -2.14. The molecule has 1 aliphatic rings. The highest BCUT2D eigenvalue weighted by atomic mass is 35.5. The number of hydrogen-bond donors (Lipinski definition) is 2. The van der Waals surface area contributed by atoms with Crippen LogP contribution in [0.25, 0.3) is 0 Å². The average Bonchev–Trinajstić information content (AvgIpc) is 2.86. The third kappa shape index (κ3) is 2.77. The van der Waals surface area contributed by atoms with E-state index in [-0.39, 0.29) is 19.1 Å². The standard InChI is InChI=1S/C10H10ClNO4S/c11-8-2-1-7(17-8)9(13)12-6-4-16-3-5(6)10(14)15/h1-2,5-6H,3-4H2,(H,12,13)(H,14,15). The van der Waals surface area contributed by atoms with Gasteiger partial charge in [0.2, 0.25) is 0 Å². The number of ether oxygens (including phenoxy) is 1. The van der Waals surface area contributed by atoms with Gasteiger partial charge in [0, 0.05) is 0 Å². The molecule has 5 nitrogen and oxygen atoms in total. The van der Waals surface area contributed by atoms with Crippen molar-refractivity contribution in [1.29, 1.82) is 0 Å². The minimum Gasteiger partial charge on any atom is -0.481 e. The SMILES string of the molecule is O=C(NC1COCC1C(=O)O)c1ccc(Cl)s1. The highest BCUT2D eigenvalue weighted by Gasteiger charge is 2.35. The topological polar surface area (TPSA) is 75.6 Å². The molecule has 2 rings (SSSR count). The van der Waals surface area contributed by atoms with Gasteiger partial charge in [-0.1, -0.05) is 11.6 Å². The van der Waals surface area contributed by atoms with Crippen molar-refractivity contribution in [3.63, 3.8) is 0 Å². The summed E-state index contributed by atoms with van der Waals surface area (Å²) in [5, 5.41) is 11.6. The predicted molar refractivity (Wildman–Crippen MR) is 62.5 cm³/mol. The number of rotatable bonds is 3. The first-order valence-electron chi connectivity index (χ1n) is 4.94. The fourth-order valence-electron chi connectivity index (χ4n) is 1.62. The third-order valence-electron chi connectivity index (χ3n) is 2.51. The quantitative estimate of drug-likeness (QED) is 0.870. The molecule has 2 N–H and O–H groups in total. The molecule has 92 valence electrons. The van der Waals surface area contributed by atoms with Gasteiger partial charge < -0.3 is 15.2 Å². The summed E-state index contributed by atoms with van der Waals surface area (Å²) in [5.74, 6) is -1.96. The zero-order valence-electron chi connectivity index (χ0n) is 8.68. The molecule has 1 aromatic heterocycles. The molecule has 0 saturated carbocycles. The summed E-state index contributed by atoms with van der Waals surface area (Å²) in [6.07, 6.45) is 0. The molecule has 0 radical (unpaired) electrons. The number of carboxylic acids is 1. The Morgan fingerprint density at radius 1 is 1.47 bits per heavy atom. The van der Waals surface area contributed by atoms with E-state index in [2.05, 4.69) is 5.32 Å². The maximum atomic E-state index is 11.8. The van der Waals surface area contributed by atoms with Gasteiger partial charge in [-0.25, -0.2) is 0 Å². The molecular formula is C10H10ClNO4S. The van der Waals surface area contributed by atoms with Crippen molar-refractivity contribution in [3.8, 4) is 0 Å². The van der Waals surface area contributed by atoms with Gasteiger partial charge in [-0.05, 0) is 12.1 Å². The van der Waals surface area contributed by atoms with Gasteiger partial charge in [0.05, 0.1) is 28.5 Å². The molecule has 0 aliphatic carbocycles. The van der Waals surface area contributed by atoms with Crippen LogP contribution in [0.4, 0.5) is 0 Å². The van der Waals surface area contributed by atoms with Gasteiger partial charge >= 0.3 is 5.97 Å². The molecule has 0 spiro atoms. The van der Waals surface area contributed by atoms with Gasteiger partial charge in [0.25, 0.3) is 5.91 Å². The van der Waals surface area contributed by atoms with Crippen molar-refractivity contribution < 1.29 is 19.4 Å². The van der Waals surface area contributed by atoms with Gasteiger partial charge in [0.1, 0.15) is 5.92 Å². The Morgan fingerprint density at radius 3 is 2.82 bits per heavy atom. The Morgan fingerprint density at radius 2 is 2.24 bits per heavy atom. The van der Waals surface area contributed by atoms with Crippen molar-refractivity contribution in [1.82, 2.24) is 5.32 Å². The summed E-state index contributed by atoms with van der Waals surface area (Å²) < 4.78 is 5.58. The van der Waals surface area contributed by atoms with Crippen molar-refractivity contribution in [2.45, 2.75) is 6.04 Å². The summed E-state index contributed by atoms with van der Waals surface area (Å²) in [5.41, 5.74) is 0. The van der Waals surface area contributed by atoms with Crippen molar-refractivity contribution in [2.75, 3.05) is 13.2 Å². The second kappa shape index (κ2) is 5.03. The number of carbonyl (C=O) groups excluding carboxylic acids is 1. The largest absolute Gasteiger partial charge is 0.481 e. The van der Waals surface area contributed by atoms with Crippen LogP contribution in [-0.2, 0) is 9.53 Å². The van der Waals surface area contributed by atoms with E-state index in [0.717, 1.165) is 11.3 Å². The number of carboxylic acid groups (broad SMARTS) is 1. The predicted octanol–water partition coefficient (Wildman–Crippen LogP) is 1.23. The van der Waals surface area contributed by atoms with E-state index < -0.39 is 17.9 Å². The summed E-state index contributed by atoms with van der Waals surface area (Å²) in [6, 6.07) is 2.75. The summed E-state index contributed by atoms with van der Waals surface area (Å²) >= 11 is 6.87. The van der Waals surface area contributed by atoms with E-state index in [9.17, 15) is 9.59 Å². The fourth-order valence-corrected chi connectivity index (χ4v) is 2.56. The molecule has 1 fully saturated rings. The first-order valence-corrected chi connectivity index (χ1v) is 6.14. The Bertz CT molecular complexity index is 447. The first-order chi connectivity index (χ1) is 8.08. The molecule has 1 saturated heterocycles. The molecule has 1 amide bonds. The van der Waals surface area contributed by atoms with Gasteiger partial charge in [-0.3, -0.25) is 9.59 Å². The van der Waals surface area contributed by atoms with Crippen LogP contribution in [0.1, 0.15) is 9.67 Å². The van der Waals surface area contributed by atoms with Crippen LogP contribution in [0.15, 0.2) is 12.1 Å². The molecule has 1 aliphatic heterocycles. The van der Waals surface area contributed by atoms with E-state index in [1.165, 1.54) is 0 Å². The van der Waals surface area contributed by atoms with Crippen LogP contribution < -0.4 is 5.32 Å². The lowest BCUT2D eigenvalue weighted by Crippen LogP contribution is -2.42. The number of carbonyl (C=O) groups is 2. The third-order valence-corrected chi connectivity index (χ3v) is 3.74. The molecule has 0 aromatic carbocycles. The molecule has 17 heavy (non-hydrogen) atoms. The van der Waals surface area contributed by atoms with Crippen LogP contribution in [-0.4, -0.2) is 36.2 Å². The Kier molecular flexibility index (Phi) is 3.66. The summed E-state index contributed by atoms with van der Waals surface area (Å²) in [4.78, 5) is 23.1. The monoisotopic (exact) mass is 275 g/mol. The normalized spacial score (nSPS) is 23.6.